The van der Waals surface area contributed by atoms with Crippen molar-refractivity contribution >= 4 is 17.5 Å². The number of carbonyl (C=O) groups is 2. The van der Waals surface area contributed by atoms with Gasteiger partial charge in [-0.2, -0.15) is 0 Å². The number of fused-ring (bicyclic) bond motifs is 2. The summed E-state index contributed by atoms with van der Waals surface area (Å²) in [7, 11) is 0. The third-order valence-electron chi connectivity index (χ3n) is 5.71. The molecule has 0 bridgehead atoms. The molecule has 1 saturated heterocycles. The SMILES string of the molecule is CCC(=O)N1CCCC[C@H]1c1cc2nc3c(c(=O)n2[nH]1)CN(C(C)=O)CC3. The first kappa shape index (κ1) is 17.8. The van der Waals surface area contributed by atoms with Gasteiger partial charge in [-0.25, -0.2) is 9.50 Å². The number of piperidine rings is 1. The lowest BCUT2D eigenvalue weighted by Crippen LogP contribution is -2.39. The molecule has 8 heteroatoms. The molecule has 2 aromatic heterocycles. The fourth-order valence-electron chi connectivity index (χ4n) is 4.20. The molecule has 0 saturated carbocycles. The van der Waals surface area contributed by atoms with Crippen LogP contribution in [0, 0.1) is 0 Å². The molecule has 0 spiro atoms. The van der Waals surface area contributed by atoms with Gasteiger partial charge in [0, 0.05) is 38.9 Å². The maximum Gasteiger partial charge on any atom is 0.277 e. The predicted molar refractivity (Wildman–Crippen MR) is 99.2 cm³/mol. The van der Waals surface area contributed by atoms with Crippen LogP contribution in [0.1, 0.15) is 62.5 Å². The van der Waals surface area contributed by atoms with Crippen LogP contribution in [0.5, 0.6) is 0 Å². The average Bonchev–Trinajstić information content (AvgIpc) is 3.11. The first-order valence-corrected chi connectivity index (χ1v) is 9.68. The minimum Gasteiger partial charge on any atom is -0.338 e. The summed E-state index contributed by atoms with van der Waals surface area (Å²) in [5.41, 5.74) is 2.63. The Labute approximate surface area is 157 Å². The summed E-state index contributed by atoms with van der Waals surface area (Å²) in [6.07, 6.45) is 4.01. The molecule has 0 aromatic carbocycles. The predicted octanol–water partition coefficient (Wildman–Crippen LogP) is 1.39. The largest absolute Gasteiger partial charge is 0.338 e. The van der Waals surface area contributed by atoms with Gasteiger partial charge in [0.05, 0.1) is 29.5 Å². The Kier molecular flexibility index (Phi) is 4.49. The Hall–Kier alpha value is -2.64. The molecule has 27 heavy (non-hydrogen) atoms. The molecule has 1 fully saturated rings. The molecular formula is C19H25N5O3. The van der Waals surface area contributed by atoms with E-state index < -0.39 is 0 Å². The maximum atomic E-state index is 13.0. The van der Waals surface area contributed by atoms with Crippen molar-refractivity contribution in [1.82, 2.24) is 24.4 Å². The topological polar surface area (TPSA) is 90.8 Å². The second kappa shape index (κ2) is 6.83. The molecule has 2 aromatic rings. The van der Waals surface area contributed by atoms with Gasteiger partial charge in [-0.05, 0) is 19.3 Å². The maximum absolute atomic E-state index is 13.0. The van der Waals surface area contributed by atoms with Crippen LogP contribution in [-0.2, 0) is 22.6 Å². The fraction of sp³-hybridized carbons (Fsp3) is 0.579. The highest BCUT2D eigenvalue weighted by Crippen LogP contribution is 2.31. The van der Waals surface area contributed by atoms with E-state index in [1.165, 1.54) is 11.4 Å². The molecule has 0 unspecified atom stereocenters. The number of aromatic amines is 1. The molecule has 2 aliphatic rings. The van der Waals surface area contributed by atoms with Crippen molar-refractivity contribution in [1.29, 1.82) is 0 Å². The molecule has 2 aliphatic heterocycles. The van der Waals surface area contributed by atoms with Gasteiger partial charge < -0.3 is 9.80 Å². The molecule has 4 heterocycles. The number of carbonyl (C=O) groups excluding carboxylic acids is 2. The Bertz CT molecular complexity index is 960. The highest BCUT2D eigenvalue weighted by molar-refractivity contribution is 5.76. The van der Waals surface area contributed by atoms with Crippen molar-refractivity contribution in [2.24, 2.45) is 0 Å². The highest BCUT2D eigenvalue weighted by Gasteiger charge is 2.30. The van der Waals surface area contributed by atoms with E-state index in [1.807, 2.05) is 17.9 Å². The van der Waals surface area contributed by atoms with Crippen molar-refractivity contribution in [2.75, 3.05) is 13.1 Å². The van der Waals surface area contributed by atoms with E-state index in [9.17, 15) is 14.4 Å². The molecule has 2 amide bonds. The Balaban J connectivity index is 1.75. The van der Waals surface area contributed by atoms with E-state index in [-0.39, 0.29) is 23.4 Å². The van der Waals surface area contributed by atoms with Crippen LogP contribution in [0.4, 0.5) is 0 Å². The van der Waals surface area contributed by atoms with E-state index in [4.69, 9.17) is 0 Å². The fourth-order valence-corrected chi connectivity index (χ4v) is 4.20. The zero-order valence-corrected chi connectivity index (χ0v) is 15.8. The normalized spacial score (nSPS) is 20.0. The van der Waals surface area contributed by atoms with E-state index in [0.717, 1.165) is 37.2 Å². The molecule has 1 N–H and O–H groups in total. The smallest absolute Gasteiger partial charge is 0.277 e. The van der Waals surface area contributed by atoms with E-state index in [0.29, 0.717) is 37.1 Å². The molecule has 4 rings (SSSR count). The number of hydrogen-bond donors (Lipinski definition) is 1. The molecule has 0 aliphatic carbocycles. The summed E-state index contributed by atoms with van der Waals surface area (Å²) in [5, 5.41) is 3.18. The summed E-state index contributed by atoms with van der Waals surface area (Å²) in [4.78, 5) is 45.2. The van der Waals surface area contributed by atoms with Crippen molar-refractivity contribution in [2.45, 2.75) is 58.5 Å². The van der Waals surface area contributed by atoms with Crippen LogP contribution in [0.25, 0.3) is 5.65 Å². The third kappa shape index (κ3) is 3.02. The molecular weight excluding hydrogens is 346 g/mol. The summed E-state index contributed by atoms with van der Waals surface area (Å²) >= 11 is 0. The minimum atomic E-state index is -0.156. The second-order valence-electron chi connectivity index (χ2n) is 7.39. The van der Waals surface area contributed by atoms with Gasteiger partial charge in [-0.15, -0.1) is 0 Å². The molecule has 144 valence electrons. The van der Waals surface area contributed by atoms with Gasteiger partial charge in [-0.3, -0.25) is 19.5 Å². The molecule has 1 atom stereocenters. The van der Waals surface area contributed by atoms with Crippen LogP contribution < -0.4 is 5.56 Å². The number of hydrogen-bond acceptors (Lipinski definition) is 4. The Morgan fingerprint density at radius 2 is 2.11 bits per heavy atom. The summed E-state index contributed by atoms with van der Waals surface area (Å²) in [6, 6.07) is 1.85. The average molecular weight is 371 g/mol. The Morgan fingerprint density at radius 3 is 2.85 bits per heavy atom. The number of aromatic nitrogens is 3. The number of likely N-dealkylation sites (tertiary alicyclic amines) is 1. The number of nitrogens with one attached hydrogen (secondary N) is 1. The van der Waals surface area contributed by atoms with Crippen molar-refractivity contribution < 1.29 is 9.59 Å². The van der Waals surface area contributed by atoms with Crippen LogP contribution in [0.3, 0.4) is 0 Å². The zero-order chi connectivity index (χ0) is 19.1. The van der Waals surface area contributed by atoms with Gasteiger partial charge in [0.2, 0.25) is 11.8 Å². The van der Waals surface area contributed by atoms with Gasteiger partial charge in [-0.1, -0.05) is 6.92 Å². The first-order valence-electron chi connectivity index (χ1n) is 9.68. The van der Waals surface area contributed by atoms with E-state index >= 15 is 0 Å². The van der Waals surface area contributed by atoms with Crippen molar-refractivity contribution in [3.8, 4) is 0 Å². The van der Waals surface area contributed by atoms with Gasteiger partial charge in [0.15, 0.2) is 5.65 Å². The van der Waals surface area contributed by atoms with Crippen molar-refractivity contribution in [3.05, 3.63) is 33.4 Å². The van der Waals surface area contributed by atoms with Crippen LogP contribution in [0.2, 0.25) is 0 Å². The highest BCUT2D eigenvalue weighted by atomic mass is 16.2. The second-order valence-corrected chi connectivity index (χ2v) is 7.39. The first-order chi connectivity index (χ1) is 13.0. The summed E-state index contributed by atoms with van der Waals surface area (Å²) in [5.74, 6) is 0.100. The number of H-pyrrole nitrogens is 1. The van der Waals surface area contributed by atoms with E-state index in [1.54, 1.807) is 4.90 Å². The van der Waals surface area contributed by atoms with Crippen molar-refractivity contribution in [3.63, 3.8) is 0 Å². The summed E-state index contributed by atoms with van der Waals surface area (Å²) < 4.78 is 1.46. The van der Waals surface area contributed by atoms with Crippen LogP contribution >= 0.6 is 0 Å². The lowest BCUT2D eigenvalue weighted by Gasteiger charge is -2.35. The molecule has 8 nitrogen and oxygen atoms in total. The third-order valence-corrected chi connectivity index (χ3v) is 5.71. The zero-order valence-electron chi connectivity index (χ0n) is 15.8. The number of amides is 2. The van der Waals surface area contributed by atoms with Gasteiger partial charge in [0.1, 0.15) is 0 Å². The Morgan fingerprint density at radius 1 is 1.30 bits per heavy atom. The van der Waals surface area contributed by atoms with Gasteiger partial charge in [0.25, 0.3) is 5.56 Å². The van der Waals surface area contributed by atoms with Crippen LogP contribution in [0.15, 0.2) is 10.9 Å². The van der Waals surface area contributed by atoms with Gasteiger partial charge >= 0.3 is 0 Å². The lowest BCUT2D eigenvalue weighted by atomic mass is 9.99. The number of rotatable bonds is 2. The lowest BCUT2D eigenvalue weighted by molar-refractivity contribution is -0.134. The minimum absolute atomic E-state index is 0.0340. The standard InChI is InChI=1S/C19H25N5O3/c1-3-18(26)23-8-5-4-6-16(23)15-10-17-20-14-7-9-22(12(2)25)11-13(14)19(27)24(17)21-15/h10,16,21H,3-9,11H2,1-2H3/t16-/m0/s1. The molecule has 0 radical (unpaired) electrons. The quantitative estimate of drug-likeness (QED) is 0.864. The summed E-state index contributed by atoms with van der Waals surface area (Å²) in [6.45, 7) is 5.03. The van der Waals surface area contributed by atoms with Crippen LogP contribution in [-0.4, -0.2) is 49.3 Å². The monoisotopic (exact) mass is 371 g/mol. The van der Waals surface area contributed by atoms with E-state index in [2.05, 4.69) is 10.1 Å². The number of nitrogens with zero attached hydrogens (tertiary/aromatic N) is 4.